The summed E-state index contributed by atoms with van der Waals surface area (Å²) in [6.45, 7) is 17.1. The van der Waals surface area contributed by atoms with Gasteiger partial charge in [0.05, 0.1) is 12.6 Å². The van der Waals surface area contributed by atoms with Gasteiger partial charge in [-0.25, -0.2) is 4.99 Å². The third kappa shape index (κ3) is 4.45. The highest BCUT2D eigenvalue weighted by Gasteiger charge is 2.37. The smallest absolute Gasteiger partial charge is 0.216 e. The van der Waals surface area contributed by atoms with E-state index in [0.29, 0.717) is 19.1 Å². The van der Waals surface area contributed by atoms with E-state index in [-0.39, 0.29) is 11.1 Å². The average Bonchev–Trinajstić information content (AvgIpc) is 2.94. The van der Waals surface area contributed by atoms with E-state index in [0.717, 1.165) is 11.5 Å². The molecule has 128 valence electrons. The molecular formula is C19H31NO2Si. The molecule has 1 aromatic rings. The Morgan fingerprint density at radius 3 is 2.30 bits per heavy atom. The molecule has 0 bridgehead atoms. The van der Waals surface area contributed by atoms with Gasteiger partial charge in [-0.3, -0.25) is 0 Å². The molecule has 4 heteroatoms. The number of benzene rings is 1. The molecule has 1 aliphatic rings. The van der Waals surface area contributed by atoms with Crippen molar-refractivity contribution in [2.45, 2.75) is 65.4 Å². The molecule has 0 saturated heterocycles. The van der Waals surface area contributed by atoms with E-state index < -0.39 is 8.32 Å². The molecule has 0 unspecified atom stereocenters. The molecule has 1 aliphatic heterocycles. The lowest BCUT2D eigenvalue weighted by Crippen LogP contribution is -2.40. The lowest BCUT2D eigenvalue weighted by atomic mass is 10.1. The number of hydrogen-bond acceptors (Lipinski definition) is 3. The third-order valence-corrected chi connectivity index (χ3v) is 9.53. The second kappa shape index (κ2) is 6.77. The van der Waals surface area contributed by atoms with Crippen molar-refractivity contribution in [1.29, 1.82) is 0 Å². The minimum atomic E-state index is -1.70. The second-order valence-corrected chi connectivity index (χ2v) is 13.1. The molecule has 2 rings (SSSR count). The van der Waals surface area contributed by atoms with Crippen LogP contribution in [0.1, 0.15) is 45.7 Å². The zero-order valence-corrected chi connectivity index (χ0v) is 16.6. The van der Waals surface area contributed by atoms with Crippen molar-refractivity contribution >= 4 is 14.2 Å². The number of rotatable bonds is 5. The van der Waals surface area contributed by atoms with Crippen LogP contribution >= 0.6 is 0 Å². The van der Waals surface area contributed by atoms with E-state index in [1.165, 1.54) is 5.56 Å². The van der Waals surface area contributed by atoms with Crippen molar-refractivity contribution in [1.82, 2.24) is 0 Å². The molecule has 0 radical (unpaired) electrons. The maximum Gasteiger partial charge on any atom is 0.216 e. The van der Waals surface area contributed by atoms with Gasteiger partial charge in [0.1, 0.15) is 6.61 Å². The first-order valence-corrected chi connectivity index (χ1v) is 11.4. The summed E-state index contributed by atoms with van der Waals surface area (Å²) >= 11 is 0. The van der Waals surface area contributed by atoms with Crippen LogP contribution in [0.2, 0.25) is 18.1 Å². The Hall–Kier alpha value is -1.13. The Labute approximate surface area is 142 Å². The first kappa shape index (κ1) is 18.2. The van der Waals surface area contributed by atoms with Gasteiger partial charge in [0.15, 0.2) is 8.32 Å². The summed E-state index contributed by atoms with van der Waals surface area (Å²) in [7, 11) is -1.70. The lowest BCUT2D eigenvalue weighted by molar-refractivity contribution is 0.276. The number of hydrogen-bond donors (Lipinski definition) is 0. The predicted octanol–water partition coefficient (Wildman–Crippen LogP) is 5.01. The molecule has 0 N–H and O–H groups in total. The maximum atomic E-state index is 6.27. The van der Waals surface area contributed by atoms with Crippen LogP contribution in [-0.4, -0.2) is 26.9 Å². The van der Waals surface area contributed by atoms with Crippen LogP contribution in [0.4, 0.5) is 0 Å². The van der Waals surface area contributed by atoms with Crippen molar-refractivity contribution in [3.8, 4) is 0 Å². The van der Waals surface area contributed by atoms with Gasteiger partial charge in [0.25, 0.3) is 0 Å². The van der Waals surface area contributed by atoms with Crippen molar-refractivity contribution < 1.29 is 9.16 Å². The Morgan fingerprint density at radius 2 is 1.83 bits per heavy atom. The van der Waals surface area contributed by atoms with Crippen LogP contribution < -0.4 is 0 Å². The van der Waals surface area contributed by atoms with Gasteiger partial charge in [-0.1, -0.05) is 46.8 Å². The molecule has 1 aromatic carbocycles. The molecule has 23 heavy (non-hydrogen) atoms. The summed E-state index contributed by atoms with van der Waals surface area (Å²) in [4.78, 5) is 4.68. The molecule has 0 amide bonds. The first-order chi connectivity index (χ1) is 10.6. The molecule has 3 nitrogen and oxygen atoms in total. The highest BCUT2D eigenvalue weighted by Crippen LogP contribution is 2.37. The molecule has 1 atom stereocenters. The second-order valence-electron chi connectivity index (χ2n) is 8.30. The van der Waals surface area contributed by atoms with Crippen LogP contribution in [0.15, 0.2) is 29.3 Å². The fourth-order valence-corrected chi connectivity index (χ4v) is 3.07. The zero-order valence-electron chi connectivity index (χ0n) is 15.6. The molecule has 0 aliphatic carbocycles. The Bertz CT molecular complexity index is 556. The molecule has 0 aromatic heterocycles. The topological polar surface area (TPSA) is 30.8 Å². The monoisotopic (exact) mass is 333 g/mol. The summed E-state index contributed by atoms with van der Waals surface area (Å²) in [5.41, 5.74) is 2.27. The highest BCUT2D eigenvalue weighted by atomic mass is 28.4. The van der Waals surface area contributed by atoms with Gasteiger partial charge in [-0.15, -0.1) is 0 Å². The van der Waals surface area contributed by atoms with Crippen LogP contribution in [0.3, 0.4) is 0 Å². The lowest BCUT2D eigenvalue weighted by Gasteiger charge is -2.36. The van der Waals surface area contributed by atoms with E-state index in [1.807, 2.05) is 0 Å². The van der Waals surface area contributed by atoms with Crippen molar-refractivity contribution in [3.05, 3.63) is 35.4 Å². The Kier molecular flexibility index (Phi) is 5.36. The van der Waals surface area contributed by atoms with E-state index >= 15 is 0 Å². The summed E-state index contributed by atoms with van der Waals surface area (Å²) in [5, 5.41) is 0.241. The summed E-state index contributed by atoms with van der Waals surface area (Å²) in [6, 6.07) is 8.71. The van der Waals surface area contributed by atoms with E-state index in [9.17, 15) is 0 Å². The standard InChI is InChI=1S/C19H31NO2Si/c1-14(2)17-13-21-18(20-17)16-10-8-15(9-11-16)12-22-23(6,7)19(3,4)5/h8-11,14,17H,12-13H2,1-7H3/t17-/m1/s1. The normalized spacial score (nSPS) is 19.0. The Balaban J connectivity index is 2.00. The molecule has 0 spiro atoms. The number of aliphatic imine (C=N–C) groups is 1. The van der Waals surface area contributed by atoms with Gasteiger partial charge in [-0.05, 0) is 41.7 Å². The number of ether oxygens (including phenoxy) is 1. The van der Waals surface area contributed by atoms with Gasteiger partial charge in [-0.2, -0.15) is 0 Å². The van der Waals surface area contributed by atoms with Crippen molar-refractivity contribution in [2.75, 3.05) is 6.61 Å². The van der Waals surface area contributed by atoms with Gasteiger partial charge in [0.2, 0.25) is 5.90 Å². The third-order valence-electron chi connectivity index (χ3n) is 5.05. The quantitative estimate of drug-likeness (QED) is 0.709. The zero-order chi connectivity index (χ0) is 17.3. The van der Waals surface area contributed by atoms with E-state index in [4.69, 9.17) is 9.16 Å². The van der Waals surface area contributed by atoms with E-state index in [2.05, 4.69) is 77.0 Å². The van der Waals surface area contributed by atoms with Crippen LogP contribution in [0.5, 0.6) is 0 Å². The van der Waals surface area contributed by atoms with Crippen molar-refractivity contribution in [3.63, 3.8) is 0 Å². The average molecular weight is 334 g/mol. The SMILES string of the molecule is CC(C)[C@H]1COC(c2ccc(CO[Si](C)(C)C(C)(C)C)cc2)=N1. The van der Waals surface area contributed by atoms with Crippen LogP contribution in [0.25, 0.3) is 0 Å². The predicted molar refractivity (Wildman–Crippen MR) is 99.5 cm³/mol. The molecule has 0 fully saturated rings. The minimum Gasteiger partial charge on any atom is -0.475 e. The van der Waals surface area contributed by atoms with Crippen LogP contribution in [-0.2, 0) is 15.8 Å². The first-order valence-electron chi connectivity index (χ1n) is 8.54. The van der Waals surface area contributed by atoms with E-state index in [1.54, 1.807) is 0 Å². The van der Waals surface area contributed by atoms with Gasteiger partial charge in [0, 0.05) is 5.56 Å². The number of nitrogens with zero attached hydrogens (tertiary/aromatic N) is 1. The van der Waals surface area contributed by atoms with Gasteiger partial charge < -0.3 is 9.16 Å². The van der Waals surface area contributed by atoms with Gasteiger partial charge >= 0.3 is 0 Å². The largest absolute Gasteiger partial charge is 0.475 e. The summed E-state index contributed by atoms with van der Waals surface area (Å²) < 4.78 is 12.0. The minimum absolute atomic E-state index is 0.241. The molecule has 0 saturated carbocycles. The molecule has 1 heterocycles. The maximum absolute atomic E-state index is 6.27. The summed E-state index contributed by atoms with van der Waals surface area (Å²) in [5.74, 6) is 1.30. The fraction of sp³-hybridized carbons (Fsp3) is 0.632. The van der Waals surface area contributed by atoms with Crippen LogP contribution in [0, 0.1) is 5.92 Å². The summed E-state index contributed by atoms with van der Waals surface area (Å²) in [6.07, 6.45) is 0. The van der Waals surface area contributed by atoms with Crippen molar-refractivity contribution in [2.24, 2.45) is 10.9 Å². The fourth-order valence-electron chi connectivity index (χ4n) is 2.11. The highest BCUT2D eigenvalue weighted by molar-refractivity contribution is 6.74. The molecular weight excluding hydrogens is 302 g/mol. The Morgan fingerprint density at radius 1 is 1.22 bits per heavy atom.